The van der Waals surface area contributed by atoms with E-state index in [1.54, 1.807) is 55.0 Å². The van der Waals surface area contributed by atoms with Gasteiger partial charge in [-0.1, -0.05) is 25.5 Å². The molecule has 1 aromatic heterocycles. The zero-order valence-electron chi connectivity index (χ0n) is 22.9. The van der Waals surface area contributed by atoms with E-state index in [1.807, 2.05) is 0 Å². The number of nitrogens with zero attached hydrogens (tertiary/aromatic N) is 4. The van der Waals surface area contributed by atoms with E-state index >= 15 is 0 Å². The normalized spacial score (nSPS) is 17.7. The van der Waals surface area contributed by atoms with Crippen molar-refractivity contribution in [1.29, 1.82) is 0 Å². The van der Waals surface area contributed by atoms with Crippen molar-refractivity contribution in [3.05, 3.63) is 59.0 Å². The van der Waals surface area contributed by atoms with Gasteiger partial charge in [0.25, 0.3) is 11.8 Å². The topological polar surface area (TPSA) is 112 Å². The van der Waals surface area contributed by atoms with Crippen molar-refractivity contribution in [2.24, 2.45) is 5.92 Å². The van der Waals surface area contributed by atoms with Gasteiger partial charge >= 0.3 is 6.03 Å². The lowest BCUT2D eigenvalue weighted by Gasteiger charge is -2.43. The SMILES string of the molecule is COc1cc(CN2C(=O)N(C)C(=O)C23CCN(C(=O)[C@H](NC(=O)c2cc(C)ccc2F)C(C)C)CC3)ccn1. The largest absolute Gasteiger partial charge is 0.481 e. The molecule has 2 aromatic rings. The molecule has 0 unspecified atom stereocenters. The molecule has 4 rings (SSSR count). The second kappa shape index (κ2) is 11.0. The first-order valence-electron chi connectivity index (χ1n) is 12.9. The zero-order valence-corrected chi connectivity index (χ0v) is 22.9. The number of imide groups is 1. The summed E-state index contributed by atoms with van der Waals surface area (Å²) in [5, 5.41) is 2.71. The van der Waals surface area contributed by atoms with Crippen LogP contribution in [-0.4, -0.2) is 82.3 Å². The third-order valence-corrected chi connectivity index (χ3v) is 7.57. The molecule has 0 radical (unpaired) electrons. The molecule has 2 saturated heterocycles. The molecule has 11 heteroatoms. The maximum atomic E-state index is 14.3. The summed E-state index contributed by atoms with van der Waals surface area (Å²) in [4.78, 5) is 61.2. The smallest absolute Gasteiger partial charge is 0.327 e. The molecule has 2 aliphatic rings. The van der Waals surface area contributed by atoms with Gasteiger partial charge in [-0.2, -0.15) is 0 Å². The fourth-order valence-corrected chi connectivity index (χ4v) is 5.26. The van der Waals surface area contributed by atoms with Crippen molar-refractivity contribution in [2.75, 3.05) is 27.2 Å². The molecule has 208 valence electrons. The number of carbonyl (C=O) groups excluding carboxylic acids is 4. The summed E-state index contributed by atoms with van der Waals surface area (Å²) < 4.78 is 19.5. The van der Waals surface area contributed by atoms with Crippen molar-refractivity contribution < 1.29 is 28.3 Å². The van der Waals surface area contributed by atoms with Gasteiger partial charge in [0.2, 0.25) is 11.8 Å². The van der Waals surface area contributed by atoms with Gasteiger partial charge in [-0.15, -0.1) is 0 Å². The number of aryl methyl sites for hydroxylation is 1. The first-order valence-corrected chi connectivity index (χ1v) is 12.9. The Labute approximate surface area is 227 Å². The highest BCUT2D eigenvalue weighted by Crippen LogP contribution is 2.38. The van der Waals surface area contributed by atoms with Gasteiger partial charge in [0.1, 0.15) is 17.4 Å². The predicted octanol–water partition coefficient (Wildman–Crippen LogP) is 2.75. The lowest BCUT2D eigenvalue weighted by atomic mass is 9.85. The monoisotopic (exact) mass is 539 g/mol. The van der Waals surface area contributed by atoms with E-state index in [2.05, 4.69) is 10.3 Å². The first kappa shape index (κ1) is 28.0. The lowest BCUT2D eigenvalue weighted by molar-refractivity contribution is -0.142. The van der Waals surface area contributed by atoms with Crippen LogP contribution < -0.4 is 10.1 Å². The fraction of sp³-hybridized carbons (Fsp3) is 0.464. The number of nitrogens with one attached hydrogen (secondary N) is 1. The molecular weight excluding hydrogens is 505 g/mol. The number of pyridine rings is 1. The van der Waals surface area contributed by atoms with Crippen LogP contribution in [0.1, 0.15) is 48.2 Å². The molecule has 2 aliphatic heterocycles. The Hall–Kier alpha value is -4.02. The van der Waals surface area contributed by atoms with Crippen LogP contribution in [0, 0.1) is 18.7 Å². The molecule has 39 heavy (non-hydrogen) atoms. The average molecular weight is 540 g/mol. The second-order valence-corrected chi connectivity index (χ2v) is 10.5. The van der Waals surface area contributed by atoms with Crippen LogP contribution in [0.2, 0.25) is 0 Å². The number of ether oxygens (including phenoxy) is 1. The van der Waals surface area contributed by atoms with Crippen molar-refractivity contribution >= 4 is 23.8 Å². The van der Waals surface area contributed by atoms with Crippen LogP contribution in [0.3, 0.4) is 0 Å². The number of methoxy groups -OCH3 is 1. The predicted molar refractivity (Wildman–Crippen MR) is 140 cm³/mol. The third kappa shape index (κ3) is 5.30. The number of urea groups is 1. The summed E-state index contributed by atoms with van der Waals surface area (Å²) in [7, 11) is 2.97. The number of hydrogen-bond donors (Lipinski definition) is 1. The highest BCUT2D eigenvalue weighted by molar-refractivity contribution is 6.07. The Morgan fingerprint density at radius 2 is 1.85 bits per heavy atom. The van der Waals surface area contributed by atoms with E-state index in [1.165, 1.54) is 26.3 Å². The number of likely N-dealkylation sites (tertiary alicyclic amines) is 1. The molecule has 0 aliphatic carbocycles. The second-order valence-electron chi connectivity index (χ2n) is 10.5. The molecule has 2 fully saturated rings. The van der Waals surface area contributed by atoms with Crippen LogP contribution in [-0.2, 0) is 16.1 Å². The Kier molecular flexibility index (Phi) is 7.89. The Bertz CT molecular complexity index is 1290. The summed E-state index contributed by atoms with van der Waals surface area (Å²) in [6.07, 6.45) is 2.08. The highest BCUT2D eigenvalue weighted by atomic mass is 19.1. The van der Waals surface area contributed by atoms with E-state index in [-0.39, 0.29) is 55.8 Å². The van der Waals surface area contributed by atoms with E-state index < -0.39 is 29.3 Å². The number of hydrogen-bond acceptors (Lipinski definition) is 6. The molecular formula is C28H34FN5O5. The van der Waals surface area contributed by atoms with Crippen molar-refractivity contribution in [3.63, 3.8) is 0 Å². The minimum absolute atomic E-state index is 0.118. The van der Waals surface area contributed by atoms with Crippen LogP contribution in [0.5, 0.6) is 5.88 Å². The number of rotatable bonds is 7. The number of carbonyl (C=O) groups is 4. The molecule has 1 N–H and O–H groups in total. The minimum Gasteiger partial charge on any atom is -0.481 e. The molecule has 1 aromatic carbocycles. The van der Waals surface area contributed by atoms with Crippen molar-refractivity contribution in [3.8, 4) is 5.88 Å². The fourth-order valence-electron chi connectivity index (χ4n) is 5.26. The van der Waals surface area contributed by atoms with Crippen LogP contribution in [0.4, 0.5) is 9.18 Å². The van der Waals surface area contributed by atoms with Gasteiger partial charge in [0.05, 0.1) is 12.7 Å². The first-order chi connectivity index (χ1) is 18.5. The zero-order chi connectivity index (χ0) is 28.5. The Morgan fingerprint density at radius 3 is 2.49 bits per heavy atom. The van der Waals surface area contributed by atoms with E-state index in [0.29, 0.717) is 5.88 Å². The number of benzene rings is 1. The quantitative estimate of drug-likeness (QED) is 0.542. The maximum Gasteiger partial charge on any atom is 0.327 e. The van der Waals surface area contributed by atoms with Crippen LogP contribution in [0.25, 0.3) is 0 Å². The van der Waals surface area contributed by atoms with E-state index in [9.17, 15) is 23.6 Å². The molecule has 5 amide bonds. The van der Waals surface area contributed by atoms with Gasteiger partial charge in [-0.3, -0.25) is 19.3 Å². The van der Waals surface area contributed by atoms with E-state index in [0.717, 1.165) is 16.0 Å². The lowest BCUT2D eigenvalue weighted by Crippen LogP contribution is -2.60. The molecule has 3 heterocycles. The van der Waals surface area contributed by atoms with Crippen molar-refractivity contribution in [2.45, 2.75) is 51.7 Å². The van der Waals surface area contributed by atoms with Gasteiger partial charge in [-0.05, 0) is 49.4 Å². The number of amides is 5. The Morgan fingerprint density at radius 1 is 1.15 bits per heavy atom. The van der Waals surface area contributed by atoms with Gasteiger partial charge in [0.15, 0.2) is 0 Å². The highest BCUT2D eigenvalue weighted by Gasteiger charge is 2.57. The molecule has 10 nitrogen and oxygen atoms in total. The van der Waals surface area contributed by atoms with Crippen LogP contribution in [0.15, 0.2) is 36.5 Å². The summed E-state index contributed by atoms with van der Waals surface area (Å²) in [6, 6.07) is 6.45. The standard InChI is InChI=1S/C28H34FN5O5/c1-17(2)23(31-24(35)20-14-18(3)6-7-21(20)29)25(36)33-12-9-28(10-13-33)26(37)32(4)27(38)34(28)16-19-8-11-30-22(15-19)39-5/h6-8,11,14-15,17,23H,9-10,12-13,16H2,1-5H3,(H,31,35)/t23-/m1/s1. The number of aromatic nitrogens is 1. The summed E-state index contributed by atoms with van der Waals surface area (Å²) in [6.45, 7) is 6.00. The molecule has 1 atom stereocenters. The number of likely N-dealkylation sites (N-methyl/N-ethyl adjacent to an activating group) is 1. The number of piperidine rings is 1. The number of halogens is 1. The minimum atomic E-state index is -1.08. The van der Waals surface area contributed by atoms with Gasteiger partial charge < -0.3 is 19.9 Å². The Balaban J connectivity index is 1.50. The summed E-state index contributed by atoms with van der Waals surface area (Å²) in [5.74, 6) is -1.78. The average Bonchev–Trinajstić information content (AvgIpc) is 3.09. The van der Waals surface area contributed by atoms with Gasteiger partial charge in [0, 0.05) is 38.9 Å². The van der Waals surface area contributed by atoms with Gasteiger partial charge in [-0.25, -0.2) is 14.2 Å². The third-order valence-electron chi connectivity index (χ3n) is 7.57. The maximum absolute atomic E-state index is 14.3. The van der Waals surface area contributed by atoms with Crippen molar-refractivity contribution in [1.82, 2.24) is 25.0 Å². The molecule has 0 saturated carbocycles. The molecule has 1 spiro atoms. The summed E-state index contributed by atoms with van der Waals surface area (Å²) >= 11 is 0. The molecule has 0 bridgehead atoms. The van der Waals surface area contributed by atoms with Crippen LogP contribution >= 0.6 is 0 Å². The van der Waals surface area contributed by atoms with E-state index in [4.69, 9.17) is 4.74 Å². The summed E-state index contributed by atoms with van der Waals surface area (Å²) in [5.41, 5.74) is 0.293.